The summed E-state index contributed by atoms with van der Waals surface area (Å²) in [5, 5.41) is 13.1. The van der Waals surface area contributed by atoms with E-state index in [1.165, 1.54) is 60.3 Å². The van der Waals surface area contributed by atoms with Crippen molar-refractivity contribution >= 4 is 29.1 Å². The van der Waals surface area contributed by atoms with Gasteiger partial charge in [0.15, 0.2) is 0 Å². The van der Waals surface area contributed by atoms with E-state index in [-0.39, 0.29) is 29.9 Å². The van der Waals surface area contributed by atoms with Crippen LogP contribution in [0.1, 0.15) is 44.6 Å². The highest BCUT2D eigenvalue weighted by molar-refractivity contribution is 8.04. The minimum atomic E-state index is -1.87. The van der Waals surface area contributed by atoms with Crippen LogP contribution in [0.4, 0.5) is 14.5 Å². The zero-order valence-corrected chi connectivity index (χ0v) is 23.0. The molecule has 1 N–H and O–H groups in total. The molecule has 0 radical (unpaired) electrons. The van der Waals surface area contributed by atoms with Gasteiger partial charge in [-0.2, -0.15) is 5.26 Å². The lowest BCUT2D eigenvalue weighted by Crippen LogP contribution is -2.33. The van der Waals surface area contributed by atoms with Crippen LogP contribution in [0, 0.1) is 17.2 Å². The molecule has 1 aromatic carbocycles. The number of hydrogen-bond donors (Lipinski definition) is 1. The van der Waals surface area contributed by atoms with E-state index in [0.29, 0.717) is 24.5 Å². The number of rotatable bonds is 10. The van der Waals surface area contributed by atoms with Gasteiger partial charge in [0, 0.05) is 30.9 Å². The number of hydrogen-bond acceptors (Lipinski definition) is 6. The first-order valence-electron chi connectivity index (χ1n) is 13.8. The summed E-state index contributed by atoms with van der Waals surface area (Å²) in [6.07, 6.45) is 6.56. The second kappa shape index (κ2) is 11.6. The lowest BCUT2D eigenvalue weighted by molar-refractivity contribution is -0.127. The molecule has 1 amide bonds. The van der Waals surface area contributed by atoms with Gasteiger partial charge in [0.1, 0.15) is 33.4 Å². The molecule has 1 saturated carbocycles. The first-order chi connectivity index (χ1) is 18.8. The summed E-state index contributed by atoms with van der Waals surface area (Å²) in [5.41, 5.74) is 0.173. The Kier molecular flexibility index (Phi) is 8.24. The van der Waals surface area contributed by atoms with Crippen LogP contribution in [0.15, 0.2) is 58.4 Å². The van der Waals surface area contributed by atoms with Gasteiger partial charge in [-0.15, -0.1) is 0 Å². The fourth-order valence-corrected chi connectivity index (χ4v) is 6.76. The molecule has 9 heteroatoms. The van der Waals surface area contributed by atoms with Crippen LogP contribution in [0.25, 0.3) is 0 Å². The van der Waals surface area contributed by atoms with E-state index in [2.05, 4.69) is 22.3 Å². The van der Waals surface area contributed by atoms with Crippen LogP contribution in [-0.4, -0.2) is 65.1 Å². The third-order valence-corrected chi connectivity index (χ3v) is 9.19. The number of carbonyl (C=O) groups excluding carboxylic acids is 2. The predicted molar refractivity (Wildman–Crippen MR) is 149 cm³/mol. The SMILES string of the molecule is CCCN1C(=O)C(CNc2ccc(CCN3CCCC3)cc2)S/C1=C(/C#N)C(=O)C1=CC2(F)CC2C(F)=CC1. The van der Waals surface area contributed by atoms with Gasteiger partial charge in [0.2, 0.25) is 11.7 Å². The molecule has 2 aliphatic heterocycles. The summed E-state index contributed by atoms with van der Waals surface area (Å²) in [4.78, 5) is 30.6. The summed E-state index contributed by atoms with van der Waals surface area (Å²) in [6, 6.07) is 10.2. The third-order valence-electron chi connectivity index (χ3n) is 7.89. The summed E-state index contributed by atoms with van der Waals surface area (Å²) in [7, 11) is 0. The molecular weight excluding hydrogens is 518 g/mol. The van der Waals surface area contributed by atoms with Crippen LogP contribution in [0.2, 0.25) is 0 Å². The number of allylic oxidation sites excluding steroid dienone is 5. The Bertz CT molecular complexity index is 1260. The number of halogens is 2. The zero-order chi connectivity index (χ0) is 27.6. The van der Waals surface area contributed by atoms with Crippen molar-refractivity contribution in [3.63, 3.8) is 0 Å². The van der Waals surface area contributed by atoms with E-state index in [1.807, 2.05) is 25.1 Å². The molecule has 3 unspecified atom stereocenters. The quantitative estimate of drug-likeness (QED) is 0.313. The molecule has 1 aromatic rings. The number of benzene rings is 1. The maximum atomic E-state index is 14.8. The number of amides is 1. The standard InChI is InChI=1S/C30H34F2N4O2S/c1-2-12-36-28(38)26(19-34-22-8-5-20(6-9-22)11-15-35-13-3-4-14-35)39-29(36)23(18-33)27(37)21-7-10-25(31)24-17-30(24,32)16-21/h5-6,8-10,16,24,26,34H,2-4,7,11-15,17,19H2,1H3/b29-23-. The number of likely N-dealkylation sites (tertiary alicyclic amines) is 1. The largest absolute Gasteiger partial charge is 0.383 e. The van der Waals surface area contributed by atoms with Crippen molar-refractivity contribution in [3.05, 3.63) is 64.0 Å². The van der Waals surface area contributed by atoms with Gasteiger partial charge >= 0.3 is 0 Å². The predicted octanol–water partition coefficient (Wildman–Crippen LogP) is 5.31. The number of fused-ring (bicyclic) bond motifs is 1. The molecule has 39 heavy (non-hydrogen) atoms. The van der Waals surface area contributed by atoms with Crippen LogP contribution in [0.5, 0.6) is 0 Å². The molecular formula is C30H34F2N4O2S. The number of anilines is 1. The summed E-state index contributed by atoms with van der Waals surface area (Å²) in [6.45, 7) is 6.05. The number of nitriles is 1. The van der Waals surface area contributed by atoms with Crippen molar-refractivity contribution in [1.82, 2.24) is 9.80 Å². The minimum Gasteiger partial charge on any atom is -0.383 e. The highest BCUT2D eigenvalue weighted by atomic mass is 32.2. The monoisotopic (exact) mass is 552 g/mol. The van der Waals surface area contributed by atoms with E-state index in [9.17, 15) is 23.6 Å². The van der Waals surface area contributed by atoms with Gasteiger partial charge in [-0.05, 0) is 81.5 Å². The molecule has 2 heterocycles. The lowest BCUT2D eigenvalue weighted by Gasteiger charge is -2.18. The molecule has 0 aromatic heterocycles. The summed E-state index contributed by atoms with van der Waals surface area (Å²) >= 11 is 1.19. The van der Waals surface area contributed by atoms with Crippen molar-refractivity contribution < 1.29 is 18.4 Å². The van der Waals surface area contributed by atoms with Crippen LogP contribution < -0.4 is 5.32 Å². The van der Waals surface area contributed by atoms with E-state index in [1.54, 1.807) is 0 Å². The molecule has 5 rings (SSSR count). The number of nitrogens with zero attached hydrogens (tertiary/aromatic N) is 3. The molecule has 0 bridgehead atoms. The Morgan fingerprint density at radius 1 is 1.23 bits per heavy atom. The van der Waals surface area contributed by atoms with E-state index >= 15 is 0 Å². The number of ketones is 1. The maximum Gasteiger partial charge on any atom is 0.242 e. The first kappa shape index (κ1) is 27.6. The highest BCUT2D eigenvalue weighted by Gasteiger charge is 2.57. The Balaban J connectivity index is 1.27. The second-order valence-electron chi connectivity index (χ2n) is 10.7. The second-order valence-corrected chi connectivity index (χ2v) is 11.9. The summed E-state index contributed by atoms with van der Waals surface area (Å²) < 4.78 is 28.9. The van der Waals surface area contributed by atoms with Crippen LogP contribution in [0.3, 0.4) is 0 Å². The summed E-state index contributed by atoms with van der Waals surface area (Å²) in [5.74, 6) is -2.20. The third kappa shape index (κ3) is 5.97. The molecule has 2 aliphatic carbocycles. The zero-order valence-electron chi connectivity index (χ0n) is 22.2. The van der Waals surface area contributed by atoms with Crippen LogP contribution >= 0.6 is 11.8 Å². The fraction of sp³-hybridized carbons (Fsp3) is 0.500. The van der Waals surface area contributed by atoms with E-state index in [0.717, 1.165) is 18.7 Å². The Labute approximate surface area is 232 Å². The molecule has 4 aliphatic rings. The van der Waals surface area contributed by atoms with E-state index in [4.69, 9.17) is 0 Å². The minimum absolute atomic E-state index is 0.00688. The van der Waals surface area contributed by atoms with Crippen molar-refractivity contribution in [3.8, 4) is 6.07 Å². The van der Waals surface area contributed by atoms with Crippen molar-refractivity contribution in [2.24, 2.45) is 5.92 Å². The lowest BCUT2D eigenvalue weighted by atomic mass is 10.0. The van der Waals surface area contributed by atoms with Gasteiger partial charge in [-0.25, -0.2) is 8.78 Å². The molecule has 3 fully saturated rings. The molecule has 2 saturated heterocycles. The van der Waals surface area contributed by atoms with E-state index < -0.39 is 28.4 Å². The molecule has 206 valence electrons. The molecule has 3 atom stereocenters. The van der Waals surface area contributed by atoms with Gasteiger partial charge in [0.25, 0.3) is 0 Å². The highest BCUT2D eigenvalue weighted by Crippen LogP contribution is 2.55. The maximum absolute atomic E-state index is 14.8. The normalized spacial score (nSPS) is 27.8. The number of nitrogens with one attached hydrogen (secondary N) is 1. The number of Topliss-reactive ketones (excluding diaryl/α,β-unsaturated/α-hetero) is 1. The average Bonchev–Trinajstić information content (AvgIpc) is 3.23. The van der Waals surface area contributed by atoms with Crippen molar-refractivity contribution in [2.45, 2.75) is 56.4 Å². The van der Waals surface area contributed by atoms with Gasteiger partial charge in [-0.3, -0.25) is 9.59 Å². The fourth-order valence-electron chi connectivity index (χ4n) is 5.53. The first-order valence-corrected chi connectivity index (χ1v) is 14.7. The Morgan fingerprint density at radius 3 is 2.67 bits per heavy atom. The average molecular weight is 553 g/mol. The van der Waals surface area contributed by atoms with Gasteiger partial charge < -0.3 is 15.1 Å². The molecule has 0 spiro atoms. The smallest absolute Gasteiger partial charge is 0.242 e. The Morgan fingerprint density at radius 2 is 1.97 bits per heavy atom. The van der Waals surface area contributed by atoms with Gasteiger partial charge in [0.05, 0.1) is 5.92 Å². The number of carbonyl (C=O) groups is 2. The van der Waals surface area contributed by atoms with Crippen LogP contribution in [-0.2, 0) is 16.0 Å². The number of thioether (sulfide) groups is 1. The van der Waals surface area contributed by atoms with Crippen molar-refractivity contribution in [2.75, 3.05) is 38.0 Å². The number of alkyl halides is 1. The molecule has 6 nitrogen and oxygen atoms in total. The van der Waals surface area contributed by atoms with Gasteiger partial charge in [-0.1, -0.05) is 30.8 Å². The Hall–Kier alpha value is -2.96. The van der Waals surface area contributed by atoms with Crippen molar-refractivity contribution in [1.29, 1.82) is 5.26 Å². The topological polar surface area (TPSA) is 76.4 Å².